The number of aryl methyl sites for hydroxylation is 1. The fourth-order valence-electron chi connectivity index (χ4n) is 4.18. The smallest absolute Gasteiger partial charge is 0.253 e. The number of piperazine rings is 1. The van der Waals surface area contributed by atoms with Gasteiger partial charge in [-0.2, -0.15) is 0 Å². The number of carbonyl (C=O) groups is 1. The van der Waals surface area contributed by atoms with E-state index in [4.69, 9.17) is 11.6 Å². The first-order valence-electron chi connectivity index (χ1n) is 11.2. The van der Waals surface area contributed by atoms with Gasteiger partial charge >= 0.3 is 0 Å². The molecule has 3 aromatic carbocycles. The van der Waals surface area contributed by atoms with E-state index >= 15 is 0 Å². The number of rotatable bonds is 6. The lowest BCUT2D eigenvalue weighted by Gasteiger charge is -2.37. The molecule has 0 N–H and O–H groups in total. The Morgan fingerprint density at radius 2 is 1.60 bits per heavy atom. The van der Waals surface area contributed by atoms with E-state index in [1.165, 1.54) is 16.4 Å². The van der Waals surface area contributed by atoms with Crippen molar-refractivity contribution in [1.29, 1.82) is 0 Å². The summed E-state index contributed by atoms with van der Waals surface area (Å²) in [5, 5.41) is 0.687. The van der Waals surface area contributed by atoms with Gasteiger partial charge in [0.05, 0.1) is 18.5 Å². The number of nitrogens with zero attached hydrogens (tertiary/aromatic N) is 3. The number of amides is 1. The third kappa shape index (κ3) is 5.94. The molecule has 1 heterocycles. The van der Waals surface area contributed by atoms with Crippen molar-refractivity contribution < 1.29 is 17.6 Å². The number of hydrogen-bond acceptors (Lipinski definition) is 4. The zero-order chi connectivity index (χ0) is 25.2. The number of sulfonamides is 1. The van der Waals surface area contributed by atoms with Crippen LogP contribution in [0.5, 0.6) is 0 Å². The number of benzene rings is 3. The first-order chi connectivity index (χ1) is 16.6. The maximum atomic E-state index is 13.2. The summed E-state index contributed by atoms with van der Waals surface area (Å²) >= 11 is 6.16. The highest BCUT2D eigenvalue weighted by Gasteiger charge is 2.24. The molecule has 0 bridgehead atoms. The second-order valence-corrected chi connectivity index (χ2v) is 11.0. The van der Waals surface area contributed by atoms with E-state index in [2.05, 4.69) is 4.90 Å². The summed E-state index contributed by atoms with van der Waals surface area (Å²) in [6, 6.07) is 18.1. The number of anilines is 2. The molecule has 1 amide bonds. The molecule has 9 heteroatoms. The molecular weight excluding hydrogens is 489 g/mol. The van der Waals surface area contributed by atoms with E-state index in [1.54, 1.807) is 41.3 Å². The monoisotopic (exact) mass is 515 g/mol. The normalized spacial score (nSPS) is 14.2. The minimum Gasteiger partial charge on any atom is -0.368 e. The van der Waals surface area contributed by atoms with Crippen LogP contribution in [0.4, 0.5) is 15.8 Å². The van der Waals surface area contributed by atoms with E-state index < -0.39 is 10.0 Å². The van der Waals surface area contributed by atoms with Crippen LogP contribution in [0, 0.1) is 12.7 Å². The standard InChI is InChI=1S/C26H27ClFN3O3S/c1-19-3-8-22(27)17-25(19)29-13-15-30(16-14-29)26(32)21-6-11-24(12-7-21)31(35(2,33)34)18-20-4-9-23(28)10-5-20/h3-12,17H,13-16,18H2,1-2H3. The van der Waals surface area contributed by atoms with Crippen LogP contribution in [0.25, 0.3) is 0 Å². The Morgan fingerprint density at radius 3 is 2.20 bits per heavy atom. The fourth-order valence-corrected chi connectivity index (χ4v) is 5.24. The summed E-state index contributed by atoms with van der Waals surface area (Å²) in [6.07, 6.45) is 1.12. The molecule has 3 aromatic rings. The van der Waals surface area contributed by atoms with Gasteiger partial charge in [-0.3, -0.25) is 9.10 Å². The topological polar surface area (TPSA) is 60.9 Å². The summed E-state index contributed by atoms with van der Waals surface area (Å²) in [4.78, 5) is 17.1. The van der Waals surface area contributed by atoms with Crippen LogP contribution in [-0.2, 0) is 16.6 Å². The highest BCUT2D eigenvalue weighted by molar-refractivity contribution is 7.92. The van der Waals surface area contributed by atoms with Gasteiger partial charge in [0.15, 0.2) is 0 Å². The lowest BCUT2D eigenvalue weighted by Crippen LogP contribution is -2.49. The van der Waals surface area contributed by atoms with Gasteiger partial charge in [-0.05, 0) is 66.6 Å². The zero-order valence-corrected chi connectivity index (χ0v) is 21.2. The molecule has 0 unspecified atom stereocenters. The van der Waals surface area contributed by atoms with E-state index in [0.717, 1.165) is 17.5 Å². The van der Waals surface area contributed by atoms with Crippen molar-refractivity contribution in [2.24, 2.45) is 0 Å². The van der Waals surface area contributed by atoms with Crippen LogP contribution in [0.15, 0.2) is 66.7 Å². The Balaban J connectivity index is 1.44. The number of carbonyl (C=O) groups excluding carboxylic acids is 1. The molecule has 1 fully saturated rings. The van der Waals surface area contributed by atoms with Gasteiger partial charge in [-0.15, -0.1) is 0 Å². The third-order valence-electron chi connectivity index (χ3n) is 6.12. The second-order valence-electron chi connectivity index (χ2n) is 8.65. The first kappa shape index (κ1) is 25.0. The molecule has 1 saturated heterocycles. The molecule has 184 valence electrons. The summed E-state index contributed by atoms with van der Waals surface area (Å²) in [5.41, 5.74) is 3.81. The van der Waals surface area contributed by atoms with E-state index in [-0.39, 0.29) is 18.3 Å². The molecule has 0 atom stereocenters. The van der Waals surface area contributed by atoms with Crippen LogP contribution >= 0.6 is 11.6 Å². The van der Waals surface area contributed by atoms with Crippen molar-refractivity contribution in [3.8, 4) is 0 Å². The maximum absolute atomic E-state index is 13.2. The Morgan fingerprint density at radius 1 is 0.971 bits per heavy atom. The average Bonchev–Trinajstić information content (AvgIpc) is 2.84. The molecular formula is C26H27ClFN3O3S. The van der Waals surface area contributed by atoms with E-state index in [1.807, 2.05) is 25.1 Å². The lowest BCUT2D eigenvalue weighted by molar-refractivity contribution is 0.0747. The summed E-state index contributed by atoms with van der Waals surface area (Å²) in [7, 11) is -3.59. The Kier molecular flexibility index (Phi) is 7.33. The molecule has 0 aliphatic carbocycles. The highest BCUT2D eigenvalue weighted by Crippen LogP contribution is 2.26. The molecule has 35 heavy (non-hydrogen) atoms. The molecule has 0 radical (unpaired) electrons. The number of halogens is 2. The van der Waals surface area contributed by atoms with Crippen molar-refractivity contribution >= 4 is 38.9 Å². The average molecular weight is 516 g/mol. The van der Waals surface area contributed by atoms with Crippen molar-refractivity contribution in [1.82, 2.24) is 4.90 Å². The van der Waals surface area contributed by atoms with Crippen LogP contribution < -0.4 is 9.21 Å². The highest BCUT2D eigenvalue weighted by atomic mass is 35.5. The molecule has 4 rings (SSSR count). The Hall–Kier alpha value is -3.10. The van der Waals surface area contributed by atoms with Gasteiger partial charge in [0.25, 0.3) is 5.91 Å². The van der Waals surface area contributed by atoms with Gasteiger partial charge in [-0.1, -0.05) is 29.8 Å². The Bertz CT molecular complexity index is 1310. The summed E-state index contributed by atoms with van der Waals surface area (Å²) in [5.74, 6) is -0.477. The lowest BCUT2D eigenvalue weighted by atomic mass is 10.1. The molecule has 0 saturated carbocycles. The molecule has 1 aliphatic heterocycles. The predicted molar refractivity (Wildman–Crippen MR) is 138 cm³/mol. The van der Waals surface area contributed by atoms with Crippen LogP contribution in [0.3, 0.4) is 0 Å². The number of hydrogen-bond donors (Lipinski definition) is 0. The second kappa shape index (κ2) is 10.3. The third-order valence-corrected chi connectivity index (χ3v) is 7.50. The minimum absolute atomic E-state index is 0.0668. The van der Waals surface area contributed by atoms with Gasteiger partial charge in [-0.25, -0.2) is 12.8 Å². The zero-order valence-electron chi connectivity index (χ0n) is 19.6. The molecule has 0 aromatic heterocycles. The van der Waals surface area contributed by atoms with Gasteiger partial charge in [0, 0.05) is 42.5 Å². The van der Waals surface area contributed by atoms with E-state index in [9.17, 15) is 17.6 Å². The van der Waals surface area contributed by atoms with Crippen molar-refractivity contribution in [3.63, 3.8) is 0 Å². The van der Waals surface area contributed by atoms with Crippen molar-refractivity contribution in [2.45, 2.75) is 13.5 Å². The Labute approximate surface area is 210 Å². The van der Waals surface area contributed by atoms with Gasteiger partial charge < -0.3 is 9.80 Å². The summed E-state index contributed by atoms with van der Waals surface area (Å²) < 4.78 is 39.3. The maximum Gasteiger partial charge on any atom is 0.253 e. The first-order valence-corrected chi connectivity index (χ1v) is 13.5. The minimum atomic E-state index is -3.59. The van der Waals surface area contributed by atoms with Crippen LogP contribution in [0.2, 0.25) is 5.02 Å². The summed E-state index contributed by atoms with van der Waals surface area (Å²) in [6.45, 7) is 4.66. The molecule has 1 aliphatic rings. The van der Waals surface area contributed by atoms with Crippen molar-refractivity contribution in [3.05, 3.63) is 94.3 Å². The largest absolute Gasteiger partial charge is 0.368 e. The molecule has 0 spiro atoms. The van der Waals surface area contributed by atoms with Gasteiger partial charge in [0.1, 0.15) is 5.82 Å². The van der Waals surface area contributed by atoms with Crippen LogP contribution in [-0.4, -0.2) is 51.7 Å². The van der Waals surface area contributed by atoms with E-state index in [0.29, 0.717) is 48.0 Å². The SMILES string of the molecule is Cc1ccc(Cl)cc1N1CCN(C(=O)c2ccc(N(Cc3ccc(F)cc3)S(C)(=O)=O)cc2)CC1. The fraction of sp³-hybridized carbons (Fsp3) is 0.269. The van der Waals surface area contributed by atoms with Gasteiger partial charge in [0.2, 0.25) is 10.0 Å². The molecule has 6 nitrogen and oxygen atoms in total. The van der Waals surface area contributed by atoms with Crippen LogP contribution in [0.1, 0.15) is 21.5 Å². The predicted octanol–water partition coefficient (Wildman–Crippen LogP) is 4.72. The quantitative estimate of drug-likeness (QED) is 0.477. The van der Waals surface area contributed by atoms with Crippen molar-refractivity contribution in [2.75, 3.05) is 41.6 Å².